The van der Waals surface area contributed by atoms with Crippen LogP contribution in [-0.4, -0.2) is 37.1 Å². The van der Waals surface area contributed by atoms with Gasteiger partial charge in [0.25, 0.3) is 0 Å². The Balaban J connectivity index is 1.85. The van der Waals surface area contributed by atoms with Crippen molar-refractivity contribution in [3.8, 4) is 6.07 Å². The molecule has 0 N–H and O–H groups in total. The van der Waals surface area contributed by atoms with E-state index in [1.165, 1.54) is 31.5 Å². The van der Waals surface area contributed by atoms with Crippen molar-refractivity contribution in [2.75, 3.05) is 31.1 Å². The maximum Gasteiger partial charge on any atom is 0.124 e. The summed E-state index contributed by atoms with van der Waals surface area (Å²) in [6, 6.07) is 7.21. The minimum atomic E-state index is -0.338. The maximum absolute atomic E-state index is 13.1. The molecule has 0 radical (unpaired) electrons. The molecule has 0 saturated carbocycles. The third-order valence-electron chi connectivity index (χ3n) is 4.01. The highest BCUT2D eigenvalue weighted by atomic mass is 19.1. The molecule has 3 rings (SSSR count). The number of fused-ring (bicyclic) bond motifs is 1. The third kappa shape index (κ3) is 1.95. The van der Waals surface area contributed by atoms with Gasteiger partial charge in [-0.2, -0.15) is 5.26 Å². The molecular formula is C14H16FN3. The lowest BCUT2D eigenvalue weighted by Gasteiger charge is -2.39. The topological polar surface area (TPSA) is 30.3 Å². The minimum absolute atomic E-state index is 0.338. The quantitative estimate of drug-likeness (QED) is 0.758. The Morgan fingerprint density at radius 3 is 3.00 bits per heavy atom. The Labute approximate surface area is 106 Å². The van der Waals surface area contributed by atoms with E-state index >= 15 is 0 Å². The largest absolute Gasteiger partial charge is 0.368 e. The van der Waals surface area contributed by atoms with Crippen LogP contribution in [0.4, 0.5) is 10.1 Å². The molecule has 4 heteroatoms. The van der Waals surface area contributed by atoms with Crippen LogP contribution >= 0.6 is 0 Å². The normalized spacial score (nSPS) is 23.8. The summed E-state index contributed by atoms with van der Waals surface area (Å²) < 4.78 is 13.1. The number of rotatable bonds is 1. The van der Waals surface area contributed by atoms with Gasteiger partial charge in [-0.05, 0) is 37.6 Å². The van der Waals surface area contributed by atoms with Crippen molar-refractivity contribution < 1.29 is 4.39 Å². The summed E-state index contributed by atoms with van der Waals surface area (Å²) in [6.07, 6.45) is 2.51. The van der Waals surface area contributed by atoms with Crippen LogP contribution in [0, 0.1) is 17.1 Å². The second-order valence-corrected chi connectivity index (χ2v) is 5.05. The van der Waals surface area contributed by atoms with Crippen molar-refractivity contribution >= 4 is 5.69 Å². The number of nitriles is 1. The van der Waals surface area contributed by atoms with Gasteiger partial charge in [-0.15, -0.1) is 0 Å². The molecule has 0 bridgehead atoms. The SMILES string of the molecule is N#Cc1cc(F)ccc1N1CCN2CCCC2C1. The number of hydrogen-bond donors (Lipinski definition) is 0. The highest BCUT2D eigenvalue weighted by Crippen LogP contribution is 2.27. The van der Waals surface area contributed by atoms with Crippen molar-refractivity contribution in [2.24, 2.45) is 0 Å². The van der Waals surface area contributed by atoms with Crippen LogP contribution in [-0.2, 0) is 0 Å². The van der Waals surface area contributed by atoms with Gasteiger partial charge in [0.1, 0.15) is 11.9 Å². The summed E-state index contributed by atoms with van der Waals surface area (Å²) >= 11 is 0. The van der Waals surface area contributed by atoms with Crippen molar-refractivity contribution in [2.45, 2.75) is 18.9 Å². The second-order valence-electron chi connectivity index (χ2n) is 5.05. The Morgan fingerprint density at radius 1 is 1.28 bits per heavy atom. The Morgan fingerprint density at radius 2 is 2.17 bits per heavy atom. The van der Waals surface area contributed by atoms with E-state index < -0.39 is 0 Å². The Bertz CT molecular complexity index is 494. The van der Waals surface area contributed by atoms with Gasteiger partial charge in [-0.1, -0.05) is 0 Å². The molecule has 1 atom stereocenters. The van der Waals surface area contributed by atoms with E-state index in [0.29, 0.717) is 11.6 Å². The molecule has 94 valence electrons. The zero-order chi connectivity index (χ0) is 12.5. The van der Waals surface area contributed by atoms with Gasteiger partial charge < -0.3 is 4.90 Å². The third-order valence-corrected chi connectivity index (χ3v) is 4.01. The fourth-order valence-corrected chi connectivity index (χ4v) is 3.08. The van der Waals surface area contributed by atoms with Gasteiger partial charge in [-0.3, -0.25) is 4.90 Å². The zero-order valence-corrected chi connectivity index (χ0v) is 10.3. The van der Waals surface area contributed by atoms with Crippen LogP contribution in [0.25, 0.3) is 0 Å². The fourth-order valence-electron chi connectivity index (χ4n) is 3.08. The molecule has 0 spiro atoms. The standard InChI is InChI=1S/C14H16FN3/c15-12-3-4-14(11(8-12)9-16)18-7-6-17-5-1-2-13(17)10-18/h3-4,8,13H,1-2,5-7,10H2. The van der Waals surface area contributed by atoms with E-state index in [9.17, 15) is 4.39 Å². The monoisotopic (exact) mass is 245 g/mol. The van der Waals surface area contributed by atoms with E-state index in [2.05, 4.69) is 15.9 Å². The molecule has 0 amide bonds. The molecule has 2 aliphatic heterocycles. The summed E-state index contributed by atoms with van der Waals surface area (Å²) in [5.74, 6) is -0.338. The van der Waals surface area contributed by atoms with Crippen LogP contribution in [0.15, 0.2) is 18.2 Å². The first-order valence-electron chi connectivity index (χ1n) is 6.46. The lowest BCUT2D eigenvalue weighted by Crippen LogP contribution is -2.50. The molecule has 0 aromatic heterocycles. The molecular weight excluding hydrogens is 229 g/mol. The minimum Gasteiger partial charge on any atom is -0.368 e. The van der Waals surface area contributed by atoms with Gasteiger partial charge in [0.05, 0.1) is 11.3 Å². The summed E-state index contributed by atoms with van der Waals surface area (Å²) in [5.41, 5.74) is 1.33. The smallest absolute Gasteiger partial charge is 0.124 e. The average Bonchev–Trinajstić information content (AvgIpc) is 2.85. The zero-order valence-electron chi connectivity index (χ0n) is 10.3. The lowest BCUT2D eigenvalue weighted by molar-refractivity contribution is 0.231. The van der Waals surface area contributed by atoms with E-state index in [4.69, 9.17) is 5.26 Å². The maximum atomic E-state index is 13.1. The number of anilines is 1. The van der Waals surface area contributed by atoms with Crippen molar-refractivity contribution in [3.05, 3.63) is 29.6 Å². The molecule has 1 unspecified atom stereocenters. The molecule has 18 heavy (non-hydrogen) atoms. The van der Waals surface area contributed by atoms with Crippen LogP contribution in [0.2, 0.25) is 0 Å². The van der Waals surface area contributed by atoms with Crippen molar-refractivity contribution in [3.63, 3.8) is 0 Å². The number of halogens is 1. The van der Waals surface area contributed by atoms with E-state index in [1.54, 1.807) is 6.07 Å². The molecule has 0 aliphatic carbocycles. The molecule has 2 fully saturated rings. The molecule has 1 aromatic carbocycles. The molecule has 2 aliphatic rings. The van der Waals surface area contributed by atoms with E-state index in [1.807, 2.05) is 0 Å². The molecule has 1 aromatic rings. The summed E-state index contributed by atoms with van der Waals surface area (Å²) in [6.45, 7) is 4.14. The first-order valence-corrected chi connectivity index (χ1v) is 6.46. The summed E-state index contributed by atoms with van der Waals surface area (Å²) in [4.78, 5) is 4.75. The van der Waals surface area contributed by atoms with Gasteiger partial charge in [-0.25, -0.2) is 4.39 Å². The van der Waals surface area contributed by atoms with E-state index in [0.717, 1.165) is 25.3 Å². The molecule has 2 heterocycles. The van der Waals surface area contributed by atoms with Gasteiger partial charge in [0.15, 0.2) is 0 Å². The van der Waals surface area contributed by atoms with Crippen molar-refractivity contribution in [1.29, 1.82) is 5.26 Å². The Kier molecular flexibility index (Phi) is 2.92. The first-order chi connectivity index (χ1) is 8.78. The van der Waals surface area contributed by atoms with Gasteiger partial charge in [0, 0.05) is 25.7 Å². The number of nitrogens with zero attached hydrogens (tertiary/aromatic N) is 3. The van der Waals surface area contributed by atoms with Crippen molar-refractivity contribution in [1.82, 2.24) is 4.90 Å². The van der Waals surface area contributed by atoms with Crippen LogP contribution in [0.3, 0.4) is 0 Å². The average molecular weight is 245 g/mol. The summed E-state index contributed by atoms with van der Waals surface area (Å²) in [7, 11) is 0. The number of benzene rings is 1. The number of piperazine rings is 1. The highest BCUT2D eigenvalue weighted by molar-refractivity contribution is 5.59. The predicted octanol–water partition coefficient (Wildman–Crippen LogP) is 1.98. The second kappa shape index (κ2) is 4.58. The lowest BCUT2D eigenvalue weighted by atomic mass is 10.1. The Hall–Kier alpha value is -1.60. The van der Waals surface area contributed by atoms with E-state index in [-0.39, 0.29) is 5.82 Å². The van der Waals surface area contributed by atoms with Gasteiger partial charge >= 0.3 is 0 Å². The first kappa shape index (κ1) is 11.5. The van der Waals surface area contributed by atoms with Crippen LogP contribution in [0.5, 0.6) is 0 Å². The van der Waals surface area contributed by atoms with Crippen LogP contribution < -0.4 is 4.90 Å². The fraction of sp³-hybridized carbons (Fsp3) is 0.500. The predicted molar refractivity (Wildman–Crippen MR) is 67.9 cm³/mol. The summed E-state index contributed by atoms with van der Waals surface area (Å²) in [5, 5.41) is 9.11. The molecule has 3 nitrogen and oxygen atoms in total. The molecule has 2 saturated heterocycles. The number of hydrogen-bond acceptors (Lipinski definition) is 3. The highest BCUT2D eigenvalue weighted by Gasteiger charge is 2.31. The van der Waals surface area contributed by atoms with Crippen LogP contribution in [0.1, 0.15) is 18.4 Å². The van der Waals surface area contributed by atoms with Gasteiger partial charge in [0.2, 0.25) is 0 Å².